The molecule has 1 heterocycles. The Morgan fingerprint density at radius 2 is 1.74 bits per heavy atom. The smallest absolute Gasteiger partial charge is 0.323 e. The van der Waals surface area contributed by atoms with E-state index >= 15 is 0 Å². The number of urea groups is 1. The highest BCUT2D eigenvalue weighted by molar-refractivity contribution is 5.99. The maximum absolute atomic E-state index is 12.2. The van der Waals surface area contributed by atoms with Gasteiger partial charge < -0.3 is 25.8 Å². The zero-order chi connectivity index (χ0) is 19.3. The number of hydrogen-bond donors (Lipinski definition) is 4. The summed E-state index contributed by atoms with van der Waals surface area (Å²) in [6.45, 7) is 5.81. The van der Waals surface area contributed by atoms with Gasteiger partial charge >= 0.3 is 6.03 Å². The lowest BCUT2D eigenvalue weighted by Crippen LogP contribution is -2.54. The number of carbonyl (C=O) groups is 1. The summed E-state index contributed by atoms with van der Waals surface area (Å²) in [7, 11) is 0. The summed E-state index contributed by atoms with van der Waals surface area (Å²) in [6, 6.07) is 14.8. The molecule has 3 rings (SSSR count). The van der Waals surface area contributed by atoms with Crippen LogP contribution < -0.4 is 16.0 Å². The van der Waals surface area contributed by atoms with E-state index in [0.717, 1.165) is 24.1 Å². The molecule has 0 aliphatic carbocycles. The molecule has 4 N–H and O–H groups in total. The number of rotatable bonds is 5. The molecule has 27 heavy (non-hydrogen) atoms. The number of aliphatic hydroxyl groups excluding tert-OH is 1. The number of aliphatic hydroxyl groups is 1. The van der Waals surface area contributed by atoms with E-state index in [0.29, 0.717) is 18.0 Å². The van der Waals surface area contributed by atoms with Crippen molar-refractivity contribution in [2.45, 2.75) is 38.5 Å². The third kappa shape index (κ3) is 4.30. The van der Waals surface area contributed by atoms with Crippen molar-refractivity contribution in [3.8, 4) is 0 Å². The quantitative estimate of drug-likeness (QED) is 0.651. The van der Waals surface area contributed by atoms with Crippen LogP contribution in [0.1, 0.15) is 31.4 Å². The fraction of sp³-hybridized carbons (Fsp3) is 0.381. The van der Waals surface area contributed by atoms with Crippen molar-refractivity contribution in [3.63, 3.8) is 0 Å². The Kier molecular flexibility index (Phi) is 6.11. The number of hydrogen-bond acceptors (Lipinski definition) is 4. The van der Waals surface area contributed by atoms with Gasteiger partial charge in [0.1, 0.15) is 5.60 Å². The Hall–Kier alpha value is -2.41. The lowest BCUT2D eigenvalue weighted by molar-refractivity contribution is -0.101. The van der Waals surface area contributed by atoms with Crippen molar-refractivity contribution < 1.29 is 14.6 Å². The number of ether oxygens (including phenoxy) is 1. The summed E-state index contributed by atoms with van der Waals surface area (Å²) >= 11 is 0. The van der Waals surface area contributed by atoms with E-state index in [9.17, 15) is 4.79 Å². The molecule has 2 aromatic carbocycles. The Morgan fingerprint density at radius 3 is 2.26 bits per heavy atom. The molecule has 0 radical (unpaired) electrons. The maximum atomic E-state index is 12.2. The third-order valence-corrected chi connectivity index (χ3v) is 5.16. The molecule has 1 aliphatic rings. The first kappa shape index (κ1) is 19.4. The van der Waals surface area contributed by atoms with E-state index in [-0.39, 0.29) is 24.3 Å². The molecule has 2 amide bonds. The molecule has 1 saturated heterocycles. The average molecular weight is 369 g/mol. The van der Waals surface area contributed by atoms with Crippen LogP contribution in [-0.4, -0.2) is 30.3 Å². The van der Waals surface area contributed by atoms with Crippen molar-refractivity contribution in [3.05, 3.63) is 59.7 Å². The summed E-state index contributed by atoms with van der Waals surface area (Å²) < 4.78 is 6.15. The van der Waals surface area contributed by atoms with Crippen LogP contribution in [0.4, 0.5) is 16.2 Å². The van der Waals surface area contributed by atoms with Gasteiger partial charge in [0.2, 0.25) is 0 Å². The summed E-state index contributed by atoms with van der Waals surface area (Å²) in [5.41, 5.74) is 2.95. The second-order valence-electron chi connectivity index (χ2n) is 6.78. The fourth-order valence-corrected chi connectivity index (χ4v) is 3.57. The highest BCUT2D eigenvalue weighted by Crippen LogP contribution is 2.35. The van der Waals surface area contributed by atoms with Crippen LogP contribution in [0, 0.1) is 0 Å². The molecule has 144 valence electrons. The van der Waals surface area contributed by atoms with Crippen molar-refractivity contribution in [1.82, 2.24) is 5.32 Å². The monoisotopic (exact) mass is 369 g/mol. The number of morpholine rings is 1. The molecule has 6 nitrogen and oxygen atoms in total. The van der Waals surface area contributed by atoms with Crippen LogP contribution in [0.3, 0.4) is 0 Å². The van der Waals surface area contributed by atoms with Crippen LogP contribution in [-0.2, 0) is 16.9 Å². The molecule has 0 bridgehead atoms. The highest BCUT2D eigenvalue weighted by atomic mass is 16.5. The van der Waals surface area contributed by atoms with E-state index in [1.807, 2.05) is 24.3 Å². The largest absolute Gasteiger partial charge is 0.392 e. The zero-order valence-electron chi connectivity index (χ0n) is 15.8. The minimum Gasteiger partial charge on any atom is -0.392 e. The summed E-state index contributed by atoms with van der Waals surface area (Å²) in [4.78, 5) is 12.2. The predicted molar refractivity (Wildman–Crippen MR) is 107 cm³/mol. The van der Waals surface area contributed by atoms with E-state index in [4.69, 9.17) is 9.84 Å². The molecule has 6 heteroatoms. The SMILES string of the molecule is CC[C@@]1(c2ccc(NC(=O)Nc3ccc(CO)cc3)cc2)OCCNC1C. The Morgan fingerprint density at radius 1 is 1.15 bits per heavy atom. The van der Waals surface area contributed by atoms with Gasteiger partial charge in [0, 0.05) is 24.0 Å². The highest BCUT2D eigenvalue weighted by Gasteiger charge is 2.39. The van der Waals surface area contributed by atoms with Gasteiger partial charge in [-0.3, -0.25) is 0 Å². The van der Waals surface area contributed by atoms with Crippen LogP contribution in [0.15, 0.2) is 48.5 Å². The number of carbonyl (C=O) groups excluding carboxylic acids is 1. The fourth-order valence-electron chi connectivity index (χ4n) is 3.57. The van der Waals surface area contributed by atoms with Crippen molar-refractivity contribution in [2.24, 2.45) is 0 Å². The molecule has 0 saturated carbocycles. The molecule has 2 atom stereocenters. The molecule has 0 aromatic heterocycles. The van der Waals surface area contributed by atoms with Gasteiger partial charge in [-0.15, -0.1) is 0 Å². The normalized spacial score (nSPS) is 22.3. The van der Waals surface area contributed by atoms with Gasteiger partial charge in [0.15, 0.2) is 0 Å². The van der Waals surface area contributed by atoms with E-state index in [1.165, 1.54) is 0 Å². The second kappa shape index (κ2) is 8.52. The number of benzene rings is 2. The first-order chi connectivity index (χ1) is 13.1. The average Bonchev–Trinajstić information content (AvgIpc) is 2.70. The van der Waals surface area contributed by atoms with Gasteiger partial charge in [0.25, 0.3) is 0 Å². The van der Waals surface area contributed by atoms with Crippen molar-refractivity contribution >= 4 is 17.4 Å². The Balaban J connectivity index is 1.65. The van der Waals surface area contributed by atoms with Gasteiger partial charge in [-0.25, -0.2) is 4.79 Å². The van der Waals surface area contributed by atoms with Gasteiger partial charge in [0.05, 0.1) is 13.2 Å². The van der Waals surface area contributed by atoms with Crippen molar-refractivity contribution in [2.75, 3.05) is 23.8 Å². The summed E-state index contributed by atoms with van der Waals surface area (Å²) in [6.07, 6.45) is 0.873. The maximum Gasteiger partial charge on any atom is 0.323 e. The molecule has 0 spiro atoms. The van der Waals surface area contributed by atoms with E-state index in [1.54, 1.807) is 24.3 Å². The number of nitrogens with one attached hydrogen (secondary N) is 3. The van der Waals surface area contributed by atoms with Crippen LogP contribution in [0.25, 0.3) is 0 Å². The van der Waals surface area contributed by atoms with Crippen LogP contribution in [0.5, 0.6) is 0 Å². The first-order valence-corrected chi connectivity index (χ1v) is 9.33. The van der Waals surface area contributed by atoms with Gasteiger partial charge in [-0.2, -0.15) is 0 Å². The third-order valence-electron chi connectivity index (χ3n) is 5.16. The standard InChI is InChI=1S/C21H27N3O3/c1-3-21(15(2)22-12-13-27-21)17-6-10-19(11-7-17)24-20(26)23-18-8-4-16(14-25)5-9-18/h4-11,15,22,25H,3,12-14H2,1-2H3,(H2,23,24,26)/t15?,21-/m1/s1. The van der Waals surface area contributed by atoms with E-state index in [2.05, 4.69) is 29.8 Å². The minimum absolute atomic E-state index is 0.0179. The van der Waals surface area contributed by atoms with Crippen molar-refractivity contribution in [1.29, 1.82) is 0 Å². The number of amides is 2. The molecule has 1 unspecified atom stereocenters. The predicted octanol–water partition coefficient (Wildman–Crippen LogP) is 3.44. The molecular weight excluding hydrogens is 342 g/mol. The minimum atomic E-state index is -0.340. The Bertz CT molecular complexity index is 761. The molecular formula is C21H27N3O3. The molecule has 2 aromatic rings. The lowest BCUT2D eigenvalue weighted by Gasteiger charge is -2.43. The van der Waals surface area contributed by atoms with Crippen LogP contribution >= 0.6 is 0 Å². The molecule has 1 aliphatic heterocycles. The molecule has 1 fully saturated rings. The second-order valence-corrected chi connectivity index (χ2v) is 6.78. The van der Waals surface area contributed by atoms with Gasteiger partial charge in [-0.1, -0.05) is 31.2 Å². The lowest BCUT2D eigenvalue weighted by atomic mass is 9.83. The van der Waals surface area contributed by atoms with Gasteiger partial charge in [-0.05, 0) is 48.7 Å². The zero-order valence-corrected chi connectivity index (χ0v) is 15.8. The van der Waals surface area contributed by atoms with Crippen LogP contribution in [0.2, 0.25) is 0 Å². The summed E-state index contributed by atoms with van der Waals surface area (Å²) in [5, 5.41) is 18.2. The summed E-state index contributed by atoms with van der Waals surface area (Å²) in [5.74, 6) is 0. The van der Waals surface area contributed by atoms with E-state index < -0.39 is 0 Å². The number of anilines is 2. The topological polar surface area (TPSA) is 82.6 Å². The first-order valence-electron chi connectivity index (χ1n) is 9.33. The Labute approximate surface area is 159 Å².